The minimum Gasteiger partial charge on any atom is -0.390 e. The van der Waals surface area contributed by atoms with Gasteiger partial charge in [0.2, 0.25) is 0 Å². The standard InChI is InChI=1S/C8H12N2O2/c1-12-6-8(11)4-7-5-9-2-3-10-7/h2-3,5,8,11H,4,6H2,1H3. The number of rotatable bonds is 4. The Balaban J connectivity index is 2.41. The van der Waals surface area contributed by atoms with Gasteiger partial charge in [0.05, 0.1) is 18.4 Å². The number of hydrogen-bond donors (Lipinski definition) is 1. The second-order valence-electron chi connectivity index (χ2n) is 2.51. The summed E-state index contributed by atoms with van der Waals surface area (Å²) in [5.41, 5.74) is 0.780. The average molecular weight is 168 g/mol. The number of hydrogen-bond acceptors (Lipinski definition) is 4. The van der Waals surface area contributed by atoms with Gasteiger partial charge in [-0.3, -0.25) is 9.97 Å². The lowest BCUT2D eigenvalue weighted by atomic mass is 10.2. The molecule has 12 heavy (non-hydrogen) atoms. The lowest BCUT2D eigenvalue weighted by Crippen LogP contribution is -2.17. The Labute approximate surface area is 71.2 Å². The van der Waals surface area contributed by atoms with Crippen LogP contribution in [0, 0.1) is 0 Å². The molecule has 0 saturated heterocycles. The quantitative estimate of drug-likeness (QED) is 0.689. The van der Waals surface area contributed by atoms with Crippen molar-refractivity contribution in [3.63, 3.8) is 0 Å². The van der Waals surface area contributed by atoms with Crippen molar-refractivity contribution in [2.24, 2.45) is 0 Å². The summed E-state index contributed by atoms with van der Waals surface area (Å²) < 4.78 is 4.78. The van der Waals surface area contributed by atoms with Gasteiger partial charge in [0.15, 0.2) is 0 Å². The molecule has 0 aromatic carbocycles. The highest BCUT2D eigenvalue weighted by Crippen LogP contribution is 1.97. The van der Waals surface area contributed by atoms with Gasteiger partial charge in [0.25, 0.3) is 0 Å². The van der Waals surface area contributed by atoms with Gasteiger partial charge in [-0.05, 0) is 0 Å². The summed E-state index contributed by atoms with van der Waals surface area (Å²) in [5, 5.41) is 9.31. The highest BCUT2D eigenvalue weighted by molar-refractivity contribution is 4.96. The Morgan fingerprint density at radius 2 is 2.42 bits per heavy atom. The minimum absolute atomic E-state index is 0.330. The molecule has 1 unspecified atom stereocenters. The average Bonchev–Trinajstić information content (AvgIpc) is 2.06. The first-order chi connectivity index (χ1) is 5.83. The van der Waals surface area contributed by atoms with Crippen LogP contribution in [0.25, 0.3) is 0 Å². The molecule has 4 nitrogen and oxygen atoms in total. The molecule has 0 bridgehead atoms. The van der Waals surface area contributed by atoms with E-state index in [4.69, 9.17) is 4.74 Å². The van der Waals surface area contributed by atoms with Crippen LogP contribution in [0.3, 0.4) is 0 Å². The van der Waals surface area contributed by atoms with Crippen LogP contribution >= 0.6 is 0 Å². The number of aliphatic hydroxyl groups excluding tert-OH is 1. The molecule has 0 aliphatic rings. The topological polar surface area (TPSA) is 55.2 Å². The highest BCUT2D eigenvalue weighted by Gasteiger charge is 2.04. The SMILES string of the molecule is COCC(O)Cc1cnccn1. The maximum atomic E-state index is 9.31. The van der Waals surface area contributed by atoms with E-state index in [9.17, 15) is 5.11 Å². The van der Waals surface area contributed by atoms with E-state index < -0.39 is 6.10 Å². The van der Waals surface area contributed by atoms with Crippen LogP contribution in [0.1, 0.15) is 5.69 Å². The lowest BCUT2D eigenvalue weighted by molar-refractivity contribution is 0.0644. The fourth-order valence-corrected chi connectivity index (χ4v) is 0.928. The van der Waals surface area contributed by atoms with Crippen molar-refractivity contribution < 1.29 is 9.84 Å². The third kappa shape index (κ3) is 2.94. The smallest absolute Gasteiger partial charge is 0.0829 e. The molecule has 0 fully saturated rings. The zero-order valence-electron chi connectivity index (χ0n) is 6.97. The van der Waals surface area contributed by atoms with Crippen molar-refractivity contribution in [2.45, 2.75) is 12.5 Å². The Morgan fingerprint density at radius 3 is 3.00 bits per heavy atom. The molecule has 0 spiro atoms. The Morgan fingerprint density at radius 1 is 1.58 bits per heavy atom. The molecule has 1 aromatic rings. The van der Waals surface area contributed by atoms with Crippen LogP contribution in [-0.2, 0) is 11.2 Å². The summed E-state index contributed by atoms with van der Waals surface area (Å²) in [4.78, 5) is 7.91. The normalized spacial score (nSPS) is 12.8. The van der Waals surface area contributed by atoms with Crippen LogP contribution in [0.2, 0.25) is 0 Å². The first-order valence-corrected chi connectivity index (χ1v) is 3.75. The molecule has 4 heteroatoms. The maximum absolute atomic E-state index is 9.31. The minimum atomic E-state index is -0.494. The third-order valence-electron chi connectivity index (χ3n) is 1.42. The van der Waals surface area contributed by atoms with Gasteiger partial charge in [-0.2, -0.15) is 0 Å². The fraction of sp³-hybridized carbons (Fsp3) is 0.500. The molecule has 0 aliphatic heterocycles. The van der Waals surface area contributed by atoms with E-state index in [1.54, 1.807) is 25.7 Å². The molecule has 1 atom stereocenters. The monoisotopic (exact) mass is 168 g/mol. The van der Waals surface area contributed by atoms with Gasteiger partial charge in [-0.1, -0.05) is 0 Å². The second kappa shape index (κ2) is 4.79. The van der Waals surface area contributed by atoms with E-state index in [1.165, 1.54) is 0 Å². The van der Waals surface area contributed by atoms with Gasteiger partial charge < -0.3 is 9.84 Å². The summed E-state index contributed by atoms with van der Waals surface area (Å²) >= 11 is 0. The predicted molar refractivity (Wildman–Crippen MR) is 43.6 cm³/mol. The van der Waals surface area contributed by atoms with E-state index in [1.807, 2.05) is 0 Å². The molecule has 1 N–H and O–H groups in total. The van der Waals surface area contributed by atoms with Crippen LogP contribution in [0.5, 0.6) is 0 Å². The zero-order chi connectivity index (χ0) is 8.81. The first kappa shape index (κ1) is 9.09. The summed E-state index contributed by atoms with van der Waals surface area (Å²) in [6.45, 7) is 0.330. The van der Waals surface area contributed by atoms with Crippen molar-refractivity contribution in [3.8, 4) is 0 Å². The Bertz CT molecular complexity index is 216. The fourth-order valence-electron chi connectivity index (χ4n) is 0.928. The van der Waals surface area contributed by atoms with Gasteiger partial charge in [-0.15, -0.1) is 0 Å². The molecule has 0 saturated carbocycles. The molecular weight excluding hydrogens is 156 g/mol. The van der Waals surface area contributed by atoms with Crippen molar-refractivity contribution in [3.05, 3.63) is 24.3 Å². The number of aliphatic hydroxyl groups is 1. The summed E-state index contributed by atoms with van der Waals surface area (Å²) in [6.07, 6.45) is 4.84. The van der Waals surface area contributed by atoms with Gasteiger partial charge in [0.1, 0.15) is 0 Å². The Kier molecular flexibility index (Phi) is 3.63. The first-order valence-electron chi connectivity index (χ1n) is 3.75. The molecular formula is C8H12N2O2. The van der Waals surface area contributed by atoms with E-state index in [2.05, 4.69) is 9.97 Å². The van der Waals surface area contributed by atoms with Crippen LogP contribution in [0.15, 0.2) is 18.6 Å². The van der Waals surface area contributed by atoms with Gasteiger partial charge >= 0.3 is 0 Å². The summed E-state index contributed by atoms with van der Waals surface area (Å²) in [7, 11) is 1.56. The van der Waals surface area contributed by atoms with Gasteiger partial charge in [0, 0.05) is 32.1 Å². The summed E-state index contributed by atoms with van der Waals surface area (Å²) in [6, 6.07) is 0. The number of aromatic nitrogens is 2. The molecule has 1 aromatic heterocycles. The molecule has 1 heterocycles. The largest absolute Gasteiger partial charge is 0.390 e. The van der Waals surface area contributed by atoms with Crippen LogP contribution in [0.4, 0.5) is 0 Å². The predicted octanol–water partition coefficient (Wildman–Crippen LogP) is 0.0264. The van der Waals surface area contributed by atoms with Crippen LogP contribution < -0.4 is 0 Å². The lowest BCUT2D eigenvalue weighted by Gasteiger charge is -2.07. The highest BCUT2D eigenvalue weighted by atomic mass is 16.5. The number of ether oxygens (including phenoxy) is 1. The maximum Gasteiger partial charge on any atom is 0.0829 e. The molecule has 0 radical (unpaired) electrons. The van der Waals surface area contributed by atoms with E-state index in [0.717, 1.165) is 5.69 Å². The molecule has 1 rings (SSSR count). The van der Waals surface area contributed by atoms with Crippen molar-refractivity contribution in [1.82, 2.24) is 9.97 Å². The summed E-state index contributed by atoms with van der Waals surface area (Å²) in [5.74, 6) is 0. The third-order valence-corrected chi connectivity index (χ3v) is 1.42. The zero-order valence-corrected chi connectivity index (χ0v) is 6.97. The van der Waals surface area contributed by atoms with Gasteiger partial charge in [-0.25, -0.2) is 0 Å². The molecule has 0 aliphatic carbocycles. The molecule has 0 amide bonds. The molecule has 66 valence electrons. The number of nitrogens with zero attached hydrogens (tertiary/aromatic N) is 2. The van der Waals surface area contributed by atoms with E-state index in [-0.39, 0.29) is 0 Å². The van der Waals surface area contributed by atoms with Crippen molar-refractivity contribution >= 4 is 0 Å². The van der Waals surface area contributed by atoms with Crippen molar-refractivity contribution in [2.75, 3.05) is 13.7 Å². The van der Waals surface area contributed by atoms with E-state index >= 15 is 0 Å². The van der Waals surface area contributed by atoms with E-state index in [0.29, 0.717) is 13.0 Å². The van der Waals surface area contributed by atoms with Crippen LogP contribution in [-0.4, -0.2) is 34.9 Å². The Hall–Kier alpha value is -1.00. The number of methoxy groups -OCH3 is 1. The van der Waals surface area contributed by atoms with Crippen molar-refractivity contribution in [1.29, 1.82) is 0 Å². The second-order valence-corrected chi connectivity index (χ2v) is 2.51.